The van der Waals surface area contributed by atoms with E-state index in [-0.39, 0.29) is 12.5 Å². The number of hydrogen-bond donors (Lipinski definition) is 2. The van der Waals surface area contributed by atoms with Gasteiger partial charge in [0.25, 0.3) is 0 Å². The standard InChI is InChI=1S/C6H11NO.C2H6O4S/c1-3-5-7-6(8)4-2;1-2-6-7(3,4)5/h4H,2-3,5H2,1H3,(H,7,8);2H2,1H3,(H,3,4,5). The van der Waals surface area contributed by atoms with E-state index >= 15 is 0 Å². The summed E-state index contributed by atoms with van der Waals surface area (Å²) < 4.78 is 30.7. The van der Waals surface area contributed by atoms with E-state index in [0.717, 1.165) is 13.0 Å². The van der Waals surface area contributed by atoms with Crippen LogP contribution in [0.2, 0.25) is 0 Å². The largest absolute Gasteiger partial charge is 0.397 e. The van der Waals surface area contributed by atoms with Crippen molar-refractivity contribution in [1.29, 1.82) is 0 Å². The lowest BCUT2D eigenvalue weighted by atomic mass is 10.4. The molecule has 0 saturated heterocycles. The SMILES string of the molecule is C=CC(=O)NCCC.CCOS(=O)(=O)O. The van der Waals surface area contributed by atoms with Crippen molar-refractivity contribution in [2.75, 3.05) is 13.2 Å². The molecule has 6 nitrogen and oxygen atoms in total. The molecule has 15 heavy (non-hydrogen) atoms. The van der Waals surface area contributed by atoms with Crippen LogP contribution in [0.25, 0.3) is 0 Å². The molecule has 0 radical (unpaired) electrons. The molecule has 0 fully saturated rings. The molecule has 0 aromatic rings. The zero-order chi connectivity index (χ0) is 12.3. The molecule has 0 aromatic carbocycles. The lowest BCUT2D eigenvalue weighted by molar-refractivity contribution is -0.116. The van der Waals surface area contributed by atoms with Gasteiger partial charge in [-0.15, -0.1) is 0 Å². The average Bonchev–Trinajstić information content (AvgIpc) is 2.13. The summed E-state index contributed by atoms with van der Waals surface area (Å²) in [5, 5.41) is 2.62. The molecular weight excluding hydrogens is 222 g/mol. The van der Waals surface area contributed by atoms with Crippen molar-refractivity contribution in [2.24, 2.45) is 0 Å². The number of carbonyl (C=O) groups excluding carboxylic acids is 1. The van der Waals surface area contributed by atoms with Crippen molar-refractivity contribution in [2.45, 2.75) is 20.3 Å². The number of amides is 1. The lowest BCUT2D eigenvalue weighted by Gasteiger charge is -1.94. The predicted molar refractivity (Wildman–Crippen MR) is 56.7 cm³/mol. The van der Waals surface area contributed by atoms with Gasteiger partial charge < -0.3 is 5.32 Å². The van der Waals surface area contributed by atoms with Crippen molar-refractivity contribution >= 4 is 16.3 Å². The highest BCUT2D eigenvalue weighted by atomic mass is 32.3. The van der Waals surface area contributed by atoms with Gasteiger partial charge in [-0.25, -0.2) is 4.18 Å². The van der Waals surface area contributed by atoms with Crippen molar-refractivity contribution < 1.29 is 21.9 Å². The molecule has 0 heterocycles. The van der Waals surface area contributed by atoms with Gasteiger partial charge in [-0.3, -0.25) is 9.35 Å². The third kappa shape index (κ3) is 19.5. The second-order valence-electron chi connectivity index (χ2n) is 2.33. The van der Waals surface area contributed by atoms with Gasteiger partial charge in [0.15, 0.2) is 0 Å². The molecule has 90 valence electrons. The van der Waals surface area contributed by atoms with Crippen LogP contribution in [-0.2, 0) is 19.4 Å². The van der Waals surface area contributed by atoms with Crippen LogP contribution in [0.1, 0.15) is 20.3 Å². The van der Waals surface area contributed by atoms with Gasteiger partial charge in [-0.2, -0.15) is 8.42 Å². The fourth-order valence-electron chi connectivity index (χ4n) is 0.469. The van der Waals surface area contributed by atoms with Crippen LogP contribution in [0, 0.1) is 0 Å². The maximum Gasteiger partial charge on any atom is 0.397 e. The molecule has 0 aromatic heterocycles. The molecule has 0 aliphatic rings. The zero-order valence-corrected chi connectivity index (χ0v) is 9.71. The van der Waals surface area contributed by atoms with Gasteiger partial charge in [0.2, 0.25) is 5.91 Å². The Morgan fingerprint density at radius 2 is 2.07 bits per heavy atom. The number of rotatable bonds is 5. The minimum absolute atomic E-state index is 0.0289. The molecule has 0 saturated carbocycles. The molecule has 0 bridgehead atoms. The number of nitrogens with one attached hydrogen (secondary N) is 1. The van der Waals surface area contributed by atoms with Crippen molar-refractivity contribution in [1.82, 2.24) is 5.32 Å². The van der Waals surface area contributed by atoms with Gasteiger partial charge in [0.1, 0.15) is 0 Å². The van der Waals surface area contributed by atoms with Gasteiger partial charge in [-0.1, -0.05) is 13.5 Å². The molecular formula is C8H17NO5S. The van der Waals surface area contributed by atoms with Gasteiger partial charge in [0, 0.05) is 6.54 Å². The Labute approximate surface area is 90.3 Å². The molecule has 0 spiro atoms. The van der Waals surface area contributed by atoms with E-state index in [1.807, 2.05) is 6.92 Å². The van der Waals surface area contributed by atoms with Crippen LogP contribution in [0.4, 0.5) is 0 Å². The Hall–Kier alpha value is -0.920. The van der Waals surface area contributed by atoms with E-state index in [1.54, 1.807) is 0 Å². The Balaban J connectivity index is 0. The second-order valence-corrected chi connectivity index (χ2v) is 3.42. The van der Waals surface area contributed by atoms with Crippen LogP contribution in [0.5, 0.6) is 0 Å². The Bertz CT molecular complexity index is 273. The summed E-state index contributed by atoms with van der Waals surface area (Å²) in [6.07, 6.45) is 2.25. The fraction of sp³-hybridized carbons (Fsp3) is 0.625. The molecule has 0 rings (SSSR count). The first kappa shape index (κ1) is 16.5. The third-order valence-corrected chi connectivity index (χ3v) is 1.53. The van der Waals surface area contributed by atoms with Crippen molar-refractivity contribution in [3.8, 4) is 0 Å². The quantitative estimate of drug-likeness (QED) is 0.539. The topological polar surface area (TPSA) is 92.7 Å². The summed E-state index contributed by atoms with van der Waals surface area (Å²) in [5.74, 6) is -0.0909. The van der Waals surface area contributed by atoms with Gasteiger partial charge in [0.05, 0.1) is 6.61 Å². The first-order valence-electron chi connectivity index (χ1n) is 4.39. The normalized spacial score (nSPS) is 9.80. The maximum absolute atomic E-state index is 10.3. The number of carbonyl (C=O) groups is 1. The van der Waals surface area contributed by atoms with Crippen LogP contribution in [0.15, 0.2) is 12.7 Å². The Kier molecular flexibility index (Phi) is 10.6. The summed E-state index contributed by atoms with van der Waals surface area (Å²) in [6, 6.07) is 0. The first-order valence-corrected chi connectivity index (χ1v) is 5.76. The third-order valence-electron chi connectivity index (χ3n) is 1.00. The summed E-state index contributed by atoms with van der Waals surface area (Å²) in [5.41, 5.74) is 0. The first-order chi connectivity index (χ1) is 6.87. The predicted octanol–water partition coefficient (Wildman–Crippen LogP) is 0.524. The van der Waals surface area contributed by atoms with Crippen molar-refractivity contribution in [3.05, 3.63) is 12.7 Å². The molecule has 0 unspecified atom stereocenters. The van der Waals surface area contributed by atoms with Crippen LogP contribution in [0.3, 0.4) is 0 Å². The van der Waals surface area contributed by atoms with E-state index in [1.165, 1.54) is 13.0 Å². The Morgan fingerprint density at radius 1 is 1.53 bits per heavy atom. The molecule has 2 N–H and O–H groups in total. The molecule has 0 aliphatic heterocycles. The van der Waals surface area contributed by atoms with Crippen molar-refractivity contribution in [3.63, 3.8) is 0 Å². The molecule has 1 amide bonds. The highest BCUT2D eigenvalue weighted by Gasteiger charge is 1.98. The summed E-state index contributed by atoms with van der Waals surface area (Å²) in [7, 11) is -4.17. The van der Waals surface area contributed by atoms with E-state index < -0.39 is 10.4 Å². The minimum Gasteiger partial charge on any atom is -0.353 e. The fourth-order valence-corrected chi connectivity index (χ4v) is 0.767. The molecule has 7 heteroatoms. The summed E-state index contributed by atoms with van der Waals surface area (Å²) in [6.45, 7) is 7.48. The van der Waals surface area contributed by atoms with Gasteiger partial charge >= 0.3 is 10.4 Å². The molecule has 0 atom stereocenters. The van der Waals surface area contributed by atoms with E-state index in [4.69, 9.17) is 4.55 Å². The minimum atomic E-state index is -4.17. The second kappa shape index (κ2) is 9.63. The van der Waals surface area contributed by atoms with E-state index in [9.17, 15) is 13.2 Å². The van der Waals surface area contributed by atoms with Crippen LogP contribution < -0.4 is 5.32 Å². The van der Waals surface area contributed by atoms with E-state index in [0.29, 0.717) is 0 Å². The zero-order valence-electron chi connectivity index (χ0n) is 8.89. The highest BCUT2D eigenvalue weighted by molar-refractivity contribution is 7.80. The summed E-state index contributed by atoms with van der Waals surface area (Å²) >= 11 is 0. The van der Waals surface area contributed by atoms with E-state index in [2.05, 4.69) is 16.1 Å². The molecule has 0 aliphatic carbocycles. The monoisotopic (exact) mass is 239 g/mol. The smallest absolute Gasteiger partial charge is 0.353 e. The van der Waals surface area contributed by atoms with Crippen LogP contribution in [-0.4, -0.2) is 32.0 Å². The van der Waals surface area contributed by atoms with Gasteiger partial charge in [-0.05, 0) is 19.4 Å². The summed E-state index contributed by atoms with van der Waals surface area (Å²) in [4.78, 5) is 10.3. The number of hydrogen-bond acceptors (Lipinski definition) is 4. The highest BCUT2D eigenvalue weighted by Crippen LogP contribution is 1.81. The average molecular weight is 239 g/mol. The maximum atomic E-state index is 10.3. The van der Waals surface area contributed by atoms with Crippen LogP contribution >= 0.6 is 0 Å². The lowest BCUT2D eigenvalue weighted by Crippen LogP contribution is -2.20. The Morgan fingerprint density at radius 3 is 2.27 bits per heavy atom.